The van der Waals surface area contributed by atoms with Gasteiger partial charge in [-0.25, -0.2) is 5.06 Å². The first-order valence-electron chi connectivity index (χ1n) is 3.78. The van der Waals surface area contributed by atoms with E-state index in [2.05, 4.69) is 6.58 Å². The van der Waals surface area contributed by atoms with E-state index >= 15 is 0 Å². The fraction of sp³-hybridized carbons (Fsp3) is 0. The van der Waals surface area contributed by atoms with E-state index in [1.807, 2.05) is 0 Å². The Morgan fingerprint density at radius 3 is 2.85 bits per heavy atom. The van der Waals surface area contributed by atoms with E-state index in [9.17, 15) is 10.4 Å². The smallest absolute Gasteiger partial charge is 0.242 e. The quantitative estimate of drug-likeness (QED) is 0.482. The van der Waals surface area contributed by atoms with Crippen molar-refractivity contribution < 1.29 is 9.95 Å². The van der Waals surface area contributed by atoms with Crippen molar-refractivity contribution in [3.05, 3.63) is 41.7 Å². The Balaban J connectivity index is 2.65. The Bertz CT molecular complexity index is 398. The van der Waals surface area contributed by atoms with Crippen molar-refractivity contribution in [1.29, 1.82) is 0 Å². The zero-order chi connectivity index (χ0) is 9.42. The molecule has 0 fully saturated rings. The summed E-state index contributed by atoms with van der Waals surface area (Å²) in [5.41, 5.74) is 1.12. The number of para-hydroxylation sites is 2. The summed E-state index contributed by atoms with van der Waals surface area (Å²) in [5, 5.41) is 21.7. The number of allylic oxidation sites excluding steroid dienone is 1. The van der Waals surface area contributed by atoms with Gasteiger partial charge in [0, 0.05) is 6.07 Å². The molecule has 0 radical (unpaired) electrons. The third-order valence-corrected chi connectivity index (χ3v) is 1.89. The summed E-state index contributed by atoms with van der Waals surface area (Å²) in [6, 6.07) is 6.76. The average molecular weight is 176 g/mol. The van der Waals surface area contributed by atoms with Crippen LogP contribution in [0, 0.1) is 5.21 Å². The normalized spacial score (nSPS) is 15.3. The van der Waals surface area contributed by atoms with Crippen LogP contribution in [0.1, 0.15) is 0 Å². The van der Waals surface area contributed by atoms with Crippen LogP contribution < -0.4 is 5.06 Å². The summed E-state index contributed by atoms with van der Waals surface area (Å²) in [4.78, 5) is 0. The molecule has 2 rings (SSSR count). The Labute approximate surface area is 75.2 Å². The zero-order valence-electron chi connectivity index (χ0n) is 6.84. The van der Waals surface area contributed by atoms with E-state index in [-0.39, 0.29) is 5.70 Å². The summed E-state index contributed by atoms with van der Waals surface area (Å²) >= 11 is 0. The van der Waals surface area contributed by atoms with Crippen molar-refractivity contribution in [3.63, 3.8) is 0 Å². The van der Waals surface area contributed by atoms with Crippen molar-refractivity contribution in [2.24, 2.45) is 0 Å². The molecule has 0 aliphatic carbocycles. The first-order chi connectivity index (χ1) is 6.20. The minimum absolute atomic E-state index is 0.258. The molecule has 1 heterocycles. The van der Waals surface area contributed by atoms with E-state index in [1.54, 1.807) is 24.3 Å². The Kier molecular flexibility index (Phi) is 1.56. The molecule has 4 heteroatoms. The van der Waals surface area contributed by atoms with Crippen molar-refractivity contribution in [1.82, 2.24) is 0 Å². The van der Waals surface area contributed by atoms with Gasteiger partial charge >= 0.3 is 0 Å². The van der Waals surface area contributed by atoms with Gasteiger partial charge < -0.3 is 5.21 Å². The molecule has 1 aromatic carbocycles. The van der Waals surface area contributed by atoms with Crippen molar-refractivity contribution in [2.45, 2.75) is 0 Å². The molecule has 0 atom stereocenters. The summed E-state index contributed by atoms with van der Waals surface area (Å²) in [6.45, 7) is 3.52. The highest BCUT2D eigenvalue weighted by Gasteiger charge is 2.22. The number of benzene rings is 1. The lowest BCUT2D eigenvalue weighted by Crippen LogP contribution is -2.24. The van der Waals surface area contributed by atoms with Gasteiger partial charge in [0.2, 0.25) is 11.9 Å². The van der Waals surface area contributed by atoms with E-state index in [1.165, 1.54) is 6.21 Å². The number of hydrogen-bond acceptors (Lipinski definition) is 3. The fourth-order valence-electron chi connectivity index (χ4n) is 1.24. The third kappa shape index (κ3) is 1.08. The highest BCUT2D eigenvalue weighted by Crippen LogP contribution is 2.30. The lowest BCUT2D eigenvalue weighted by molar-refractivity contribution is -0.355. The molecule has 0 saturated heterocycles. The molecule has 0 bridgehead atoms. The number of hydrogen-bond donors (Lipinski definition) is 1. The Morgan fingerprint density at radius 2 is 2.08 bits per heavy atom. The van der Waals surface area contributed by atoms with Crippen LogP contribution in [0.5, 0.6) is 0 Å². The number of hydroxylamine groups is 1. The SMILES string of the molecule is C=C1C=[N+]([O-])c2ccccc2N1O. The highest BCUT2D eigenvalue weighted by molar-refractivity contribution is 5.85. The Morgan fingerprint density at radius 1 is 1.38 bits per heavy atom. The monoisotopic (exact) mass is 176 g/mol. The summed E-state index contributed by atoms with van der Waals surface area (Å²) in [6.07, 6.45) is 1.22. The average Bonchev–Trinajstić information content (AvgIpc) is 2.15. The lowest BCUT2D eigenvalue weighted by atomic mass is 10.2. The topological polar surface area (TPSA) is 49.5 Å². The van der Waals surface area contributed by atoms with E-state index < -0.39 is 0 Å². The molecule has 1 aliphatic rings. The van der Waals surface area contributed by atoms with Crippen molar-refractivity contribution in [3.8, 4) is 0 Å². The minimum Gasteiger partial charge on any atom is -0.618 e. The van der Waals surface area contributed by atoms with Gasteiger partial charge in [-0.3, -0.25) is 5.21 Å². The minimum atomic E-state index is 0.258. The van der Waals surface area contributed by atoms with Crippen LogP contribution in [-0.4, -0.2) is 16.2 Å². The predicted octanol–water partition coefficient (Wildman–Crippen LogP) is 1.62. The number of nitrogens with zero attached hydrogens (tertiary/aromatic N) is 2. The molecule has 1 aromatic rings. The molecule has 0 amide bonds. The number of fused-ring (bicyclic) bond motifs is 1. The fourth-order valence-corrected chi connectivity index (χ4v) is 1.24. The van der Waals surface area contributed by atoms with Gasteiger partial charge in [-0.2, -0.15) is 4.74 Å². The van der Waals surface area contributed by atoms with E-state index in [0.29, 0.717) is 16.1 Å². The number of anilines is 1. The van der Waals surface area contributed by atoms with Gasteiger partial charge in [-0.15, -0.1) is 0 Å². The largest absolute Gasteiger partial charge is 0.618 e. The standard InChI is InChI=1S/C9H8N2O2/c1-7-6-10(12)8-4-2-3-5-9(8)11(7)13/h2-6,13H,1H2. The predicted molar refractivity (Wildman–Crippen MR) is 49.2 cm³/mol. The van der Waals surface area contributed by atoms with Crippen LogP contribution in [0.15, 0.2) is 36.5 Å². The highest BCUT2D eigenvalue weighted by atomic mass is 16.5. The van der Waals surface area contributed by atoms with Crippen molar-refractivity contribution in [2.75, 3.05) is 5.06 Å². The van der Waals surface area contributed by atoms with Crippen LogP contribution in [0.3, 0.4) is 0 Å². The molecule has 0 saturated carbocycles. The first-order valence-corrected chi connectivity index (χ1v) is 3.78. The summed E-state index contributed by atoms with van der Waals surface area (Å²) in [7, 11) is 0. The second kappa shape index (κ2) is 2.60. The van der Waals surface area contributed by atoms with E-state index in [0.717, 1.165) is 5.06 Å². The van der Waals surface area contributed by atoms with Gasteiger partial charge in [-0.1, -0.05) is 18.7 Å². The maximum absolute atomic E-state index is 11.3. The van der Waals surface area contributed by atoms with E-state index in [4.69, 9.17) is 0 Å². The maximum atomic E-state index is 11.3. The first kappa shape index (κ1) is 7.82. The van der Waals surface area contributed by atoms with Gasteiger partial charge in [0.1, 0.15) is 11.4 Å². The Hall–Kier alpha value is -1.81. The molecule has 0 aromatic heterocycles. The van der Waals surface area contributed by atoms with Gasteiger partial charge in [0.05, 0.1) is 0 Å². The molecule has 0 spiro atoms. The van der Waals surface area contributed by atoms with Crippen molar-refractivity contribution >= 4 is 17.6 Å². The second-order valence-corrected chi connectivity index (χ2v) is 2.75. The van der Waals surface area contributed by atoms with Gasteiger partial charge in [-0.05, 0) is 6.07 Å². The van der Waals surface area contributed by atoms with Crippen LogP contribution in [-0.2, 0) is 0 Å². The van der Waals surface area contributed by atoms with Crippen LogP contribution in [0.4, 0.5) is 11.4 Å². The van der Waals surface area contributed by atoms with Crippen LogP contribution in [0.25, 0.3) is 0 Å². The second-order valence-electron chi connectivity index (χ2n) is 2.75. The van der Waals surface area contributed by atoms with Gasteiger partial charge in [0.25, 0.3) is 0 Å². The van der Waals surface area contributed by atoms with Crippen LogP contribution in [0.2, 0.25) is 0 Å². The summed E-state index contributed by atoms with van der Waals surface area (Å²) in [5.74, 6) is 0. The molecule has 1 N–H and O–H groups in total. The molecule has 0 unspecified atom stereocenters. The maximum Gasteiger partial charge on any atom is 0.242 e. The van der Waals surface area contributed by atoms with Gasteiger partial charge in [0.15, 0.2) is 0 Å². The molecule has 66 valence electrons. The molecular weight excluding hydrogens is 168 g/mol. The molecule has 13 heavy (non-hydrogen) atoms. The number of rotatable bonds is 0. The lowest BCUT2D eigenvalue weighted by Gasteiger charge is -2.21. The molecule has 1 aliphatic heterocycles. The zero-order valence-corrected chi connectivity index (χ0v) is 6.84. The molecule has 4 nitrogen and oxygen atoms in total. The molecular formula is C9H8N2O2. The third-order valence-electron chi connectivity index (χ3n) is 1.89. The summed E-state index contributed by atoms with van der Waals surface area (Å²) < 4.78 is 0.685. The van der Waals surface area contributed by atoms with Crippen LogP contribution >= 0.6 is 0 Å².